The van der Waals surface area contributed by atoms with Gasteiger partial charge in [-0.05, 0) is 38.5 Å². The summed E-state index contributed by atoms with van der Waals surface area (Å²) in [5.74, 6) is -1.17. The Morgan fingerprint density at radius 2 is 1.54 bits per heavy atom. The number of epoxide rings is 1. The highest BCUT2D eigenvalue weighted by atomic mass is 16.6. The molecule has 0 spiro atoms. The highest BCUT2D eigenvalue weighted by Gasteiger charge is 2.50. The molecule has 35 heavy (non-hydrogen) atoms. The Kier molecular flexibility index (Phi) is 9.96. The minimum Gasteiger partial charge on any atom is -0.382 e. The predicted molar refractivity (Wildman–Crippen MR) is 127 cm³/mol. The molecule has 1 aliphatic heterocycles. The van der Waals surface area contributed by atoms with Crippen molar-refractivity contribution in [3.63, 3.8) is 0 Å². The highest BCUT2D eigenvalue weighted by molar-refractivity contribution is 5.99. The number of carbonyl (C=O) groups is 4. The Hall–Kier alpha value is -2.79. The molecule has 1 aliphatic rings. The molecule has 4 unspecified atom stereocenters. The van der Waals surface area contributed by atoms with E-state index >= 15 is 0 Å². The van der Waals surface area contributed by atoms with Crippen LogP contribution in [0.15, 0.2) is 10.6 Å². The van der Waals surface area contributed by atoms with Crippen molar-refractivity contribution < 1.29 is 33.2 Å². The van der Waals surface area contributed by atoms with Crippen LogP contribution in [0.2, 0.25) is 0 Å². The first kappa shape index (κ1) is 28.4. The summed E-state index contributed by atoms with van der Waals surface area (Å²) in [7, 11) is 1.41. The van der Waals surface area contributed by atoms with E-state index in [1.54, 1.807) is 13.8 Å². The molecule has 0 radical (unpaired) electrons. The molecule has 0 aromatic carbocycles. The van der Waals surface area contributed by atoms with E-state index in [2.05, 4.69) is 21.1 Å². The second kappa shape index (κ2) is 12.3. The van der Waals surface area contributed by atoms with Crippen molar-refractivity contribution in [2.75, 3.05) is 20.3 Å². The summed E-state index contributed by atoms with van der Waals surface area (Å²) in [5, 5.41) is 11.8. The fourth-order valence-corrected chi connectivity index (χ4v) is 3.62. The SMILES string of the molecule is COCC(NC(=O)C(CC(C)C)NC(=O)c1cc(C)on1)C(=O)NC(CC(C)C)C(=O)C1(C)CO1. The molecule has 0 bridgehead atoms. The van der Waals surface area contributed by atoms with Crippen molar-refractivity contribution in [2.24, 2.45) is 11.8 Å². The number of Topliss-reactive ketones (excluding diaryl/α,β-unsaturated/α-hetero) is 1. The largest absolute Gasteiger partial charge is 0.382 e. The van der Waals surface area contributed by atoms with E-state index in [0.717, 1.165) is 0 Å². The molecular formula is C24H38N4O7. The summed E-state index contributed by atoms with van der Waals surface area (Å²) in [4.78, 5) is 51.6. The van der Waals surface area contributed by atoms with Gasteiger partial charge in [0.1, 0.15) is 23.4 Å². The first-order chi connectivity index (χ1) is 16.4. The molecule has 11 heteroatoms. The van der Waals surface area contributed by atoms with Gasteiger partial charge >= 0.3 is 0 Å². The van der Waals surface area contributed by atoms with E-state index in [0.29, 0.717) is 25.2 Å². The Bertz CT molecular complexity index is 907. The number of aromatic nitrogens is 1. The van der Waals surface area contributed by atoms with E-state index in [1.165, 1.54) is 13.2 Å². The summed E-state index contributed by atoms with van der Waals surface area (Å²) in [6.07, 6.45) is 0.764. The lowest BCUT2D eigenvalue weighted by molar-refractivity contribution is -0.134. The van der Waals surface area contributed by atoms with Gasteiger partial charge < -0.3 is 29.9 Å². The van der Waals surface area contributed by atoms with Crippen LogP contribution in [-0.2, 0) is 23.9 Å². The van der Waals surface area contributed by atoms with Gasteiger partial charge in [0, 0.05) is 13.2 Å². The maximum atomic E-state index is 13.1. The van der Waals surface area contributed by atoms with Gasteiger partial charge in [-0.2, -0.15) is 0 Å². The number of methoxy groups -OCH3 is 1. The number of aryl methyl sites for hydroxylation is 1. The van der Waals surface area contributed by atoms with Gasteiger partial charge in [-0.25, -0.2) is 0 Å². The Morgan fingerprint density at radius 1 is 1.00 bits per heavy atom. The molecule has 2 heterocycles. The topological polar surface area (TPSA) is 152 Å². The minimum atomic E-state index is -1.07. The van der Waals surface area contributed by atoms with Crippen LogP contribution in [0, 0.1) is 18.8 Å². The van der Waals surface area contributed by atoms with Crippen LogP contribution in [0.1, 0.15) is 63.7 Å². The monoisotopic (exact) mass is 494 g/mol. The lowest BCUT2D eigenvalue weighted by atomic mass is 9.93. The fourth-order valence-electron chi connectivity index (χ4n) is 3.62. The Morgan fingerprint density at radius 3 is 2.03 bits per heavy atom. The van der Waals surface area contributed by atoms with Crippen molar-refractivity contribution in [2.45, 2.75) is 78.1 Å². The molecule has 2 rings (SSSR count). The molecule has 1 saturated heterocycles. The van der Waals surface area contributed by atoms with E-state index in [4.69, 9.17) is 14.0 Å². The third-order valence-corrected chi connectivity index (χ3v) is 5.59. The number of hydrogen-bond donors (Lipinski definition) is 3. The molecule has 1 fully saturated rings. The minimum absolute atomic E-state index is 0.0565. The second-order valence-electron chi connectivity index (χ2n) is 10.1. The number of carbonyl (C=O) groups excluding carboxylic acids is 4. The number of rotatable bonds is 14. The van der Waals surface area contributed by atoms with Crippen LogP contribution < -0.4 is 16.0 Å². The zero-order valence-corrected chi connectivity index (χ0v) is 21.6. The average Bonchev–Trinajstić information content (AvgIpc) is 3.37. The van der Waals surface area contributed by atoms with Crippen molar-refractivity contribution in [3.05, 3.63) is 17.5 Å². The number of nitrogens with one attached hydrogen (secondary N) is 3. The lowest BCUT2D eigenvalue weighted by Crippen LogP contribution is -2.58. The molecular weight excluding hydrogens is 456 g/mol. The van der Waals surface area contributed by atoms with Crippen LogP contribution in [0.25, 0.3) is 0 Å². The van der Waals surface area contributed by atoms with Crippen LogP contribution >= 0.6 is 0 Å². The summed E-state index contributed by atoms with van der Waals surface area (Å²) < 4.78 is 15.3. The highest BCUT2D eigenvalue weighted by Crippen LogP contribution is 2.29. The van der Waals surface area contributed by atoms with Crippen LogP contribution in [0.5, 0.6) is 0 Å². The third kappa shape index (κ3) is 8.43. The maximum Gasteiger partial charge on any atom is 0.274 e. The quantitative estimate of drug-likeness (QED) is 0.326. The first-order valence-electron chi connectivity index (χ1n) is 11.9. The van der Waals surface area contributed by atoms with E-state index in [1.807, 2.05) is 27.7 Å². The second-order valence-corrected chi connectivity index (χ2v) is 10.1. The van der Waals surface area contributed by atoms with Gasteiger partial charge in [0.05, 0.1) is 19.3 Å². The summed E-state index contributed by atoms with van der Waals surface area (Å²) in [6.45, 7) is 11.3. The summed E-state index contributed by atoms with van der Waals surface area (Å²) in [5.41, 5.74) is -0.833. The molecule has 1 aromatic heterocycles. The smallest absolute Gasteiger partial charge is 0.274 e. The van der Waals surface area contributed by atoms with Gasteiger partial charge in [0.25, 0.3) is 5.91 Å². The average molecular weight is 495 g/mol. The fraction of sp³-hybridized carbons (Fsp3) is 0.708. The van der Waals surface area contributed by atoms with Crippen LogP contribution in [0.3, 0.4) is 0 Å². The van der Waals surface area contributed by atoms with Gasteiger partial charge in [-0.15, -0.1) is 0 Å². The number of nitrogens with zero attached hydrogens (tertiary/aromatic N) is 1. The maximum absolute atomic E-state index is 13.1. The number of ether oxygens (including phenoxy) is 2. The van der Waals surface area contributed by atoms with E-state index in [9.17, 15) is 19.2 Å². The number of amides is 3. The third-order valence-electron chi connectivity index (χ3n) is 5.59. The predicted octanol–water partition coefficient (Wildman–Crippen LogP) is 1.15. The normalized spacial score (nSPS) is 19.7. The number of hydrogen-bond acceptors (Lipinski definition) is 8. The molecule has 0 saturated carbocycles. The van der Waals surface area contributed by atoms with Gasteiger partial charge in [0.2, 0.25) is 11.8 Å². The molecule has 4 atom stereocenters. The van der Waals surface area contributed by atoms with Crippen LogP contribution in [-0.4, -0.2) is 72.7 Å². The Labute approximate surface area is 206 Å². The van der Waals surface area contributed by atoms with E-state index < -0.39 is 41.4 Å². The first-order valence-corrected chi connectivity index (χ1v) is 11.9. The molecule has 3 amide bonds. The summed E-state index contributed by atoms with van der Waals surface area (Å²) in [6, 6.07) is -1.27. The molecule has 196 valence electrons. The van der Waals surface area contributed by atoms with E-state index in [-0.39, 0.29) is 29.9 Å². The van der Waals surface area contributed by atoms with Crippen molar-refractivity contribution >= 4 is 23.5 Å². The Balaban J connectivity index is 2.12. The molecule has 0 aliphatic carbocycles. The van der Waals surface area contributed by atoms with Crippen LogP contribution in [0.4, 0.5) is 0 Å². The van der Waals surface area contributed by atoms with Crippen molar-refractivity contribution in [1.29, 1.82) is 0 Å². The molecule has 1 aromatic rings. The van der Waals surface area contributed by atoms with Gasteiger partial charge in [-0.1, -0.05) is 32.9 Å². The zero-order valence-electron chi connectivity index (χ0n) is 21.6. The van der Waals surface area contributed by atoms with Crippen molar-refractivity contribution in [3.8, 4) is 0 Å². The zero-order chi connectivity index (χ0) is 26.3. The number of ketones is 1. The van der Waals surface area contributed by atoms with Gasteiger partial charge in [-0.3, -0.25) is 19.2 Å². The standard InChI is InChI=1S/C24H38N4O7/c1-13(2)8-16(20(29)24(6)12-34-24)25-23(32)19(11-33-7)27-21(30)17(9-14(3)4)26-22(31)18-10-15(5)35-28-18/h10,13-14,16-17,19H,8-9,11-12H2,1-7H3,(H,25,32)(H,26,31)(H,27,30). The summed E-state index contributed by atoms with van der Waals surface area (Å²) >= 11 is 0. The van der Waals surface area contributed by atoms with Crippen molar-refractivity contribution in [1.82, 2.24) is 21.1 Å². The van der Waals surface area contributed by atoms with Gasteiger partial charge in [0.15, 0.2) is 11.5 Å². The molecule has 3 N–H and O–H groups in total. The lowest BCUT2D eigenvalue weighted by Gasteiger charge is -2.26. The molecule has 11 nitrogen and oxygen atoms in total.